The Balaban J connectivity index is 1.43. The first kappa shape index (κ1) is 23.9. The highest BCUT2D eigenvalue weighted by molar-refractivity contribution is 7.22. The number of hydrogen-bond acceptors (Lipinski definition) is 5. The van der Waals surface area contributed by atoms with E-state index in [4.69, 9.17) is 27.9 Å². The number of ether oxygens (including phenoxy) is 1. The van der Waals surface area contributed by atoms with E-state index >= 15 is 0 Å². The molecule has 1 fully saturated rings. The van der Waals surface area contributed by atoms with Gasteiger partial charge in [-0.2, -0.15) is 0 Å². The van der Waals surface area contributed by atoms with E-state index in [1.807, 2.05) is 0 Å². The summed E-state index contributed by atoms with van der Waals surface area (Å²) in [4.78, 5) is 18.7. The zero-order valence-corrected chi connectivity index (χ0v) is 20.1. The van der Waals surface area contributed by atoms with E-state index in [1.54, 1.807) is 6.92 Å². The number of amides is 2. The predicted molar refractivity (Wildman–Crippen MR) is 128 cm³/mol. The van der Waals surface area contributed by atoms with Crippen LogP contribution in [0, 0.1) is 11.6 Å². The molecule has 0 unspecified atom stereocenters. The van der Waals surface area contributed by atoms with E-state index in [9.17, 15) is 13.6 Å². The summed E-state index contributed by atoms with van der Waals surface area (Å²) in [6.07, 6.45) is 1.50. The van der Waals surface area contributed by atoms with Gasteiger partial charge in [-0.25, -0.2) is 18.6 Å². The summed E-state index contributed by atoms with van der Waals surface area (Å²) in [5.41, 5.74) is 0.415. The maximum absolute atomic E-state index is 14.6. The van der Waals surface area contributed by atoms with Gasteiger partial charge in [-0.3, -0.25) is 5.32 Å². The van der Waals surface area contributed by atoms with Gasteiger partial charge >= 0.3 is 6.03 Å². The molecule has 2 heterocycles. The van der Waals surface area contributed by atoms with E-state index in [-0.39, 0.29) is 27.4 Å². The molecule has 0 saturated carbocycles. The fourth-order valence-corrected chi connectivity index (χ4v) is 5.06. The Bertz CT molecular complexity index is 1170. The Kier molecular flexibility index (Phi) is 7.53. The van der Waals surface area contributed by atoms with Crippen molar-refractivity contribution in [2.24, 2.45) is 0 Å². The Hall–Kier alpha value is -2.20. The molecule has 1 saturated heterocycles. The van der Waals surface area contributed by atoms with Gasteiger partial charge in [-0.15, -0.1) is 0 Å². The summed E-state index contributed by atoms with van der Waals surface area (Å²) < 4.78 is 35.2. The molecule has 3 aromatic rings. The first-order chi connectivity index (χ1) is 15.8. The number of halogens is 4. The lowest BCUT2D eigenvalue weighted by atomic mass is 10.1. The van der Waals surface area contributed by atoms with Crippen LogP contribution < -0.4 is 15.4 Å². The lowest BCUT2D eigenvalue weighted by molar-refractivity contribution is 0.212. The normalized spacial score (nSPS) is 15.1. The Morgan fingerprint density at radius 1 is 1.24 bits per heavy atom. The molecule has 1 aliphatic rings. The number of likely N-dealkylation sites (tertiary alicyclic amines) is 1. The standard InChI is InChI=1S/C22H22Cl2F2N4O2S/c1-12(19-14(25)5-4-13(23)20(19)24)32-17-11-18-16(10-15(17)26)28-22(33-18)29-21(31)27-6-9-30-7-2-3-8-30/h4-5,10-12H,2-3,6-9H2,1H3,(H2,27,28,29,31)/t12-/m1/s1. The van der Waals surface area contributed by atoms with Crippen LogP contribution in [0.3, 0.4) is 0 Å². The third-order valence-electron chi connectivity index (χ3n) is 5.36. The minimum Gasteiger partial charge on any atom is -0.483 e. The van der Waals surface area contributed by atoms with Gasteiger partial charge in [0.2, 0.25) is 0 Å². The fourth-order valence-electron chi connectivity index (χ4n) is 3.71. The monoisotopic (exact) mass is 514 g/mol. The number of anilines is 1. The Morgan fingerprint density at radius 3 is 2.76 bits per heavy atom. The van der Waals surface area contributed by atoms with Gasteiger partial charge in [0.25, 0.3) is 0 Å². The van der Waals surface area contributed by atoms with Crippen molar-refractivity contribution in [1.29, 1.82) is 0 Å². The zero-order valence-electron chi connectivity index (χ0n) is 17.8. The van der Waals surface area contributed by atoms with Crippen LogP contribution in [-0.4, -0.2) is 42.1 Å². The highest BCUT2D eigenvalue weighted by Crippen LogP contribution is 2.37. The van der Waals surface area contributed by atoms with Crippen molar-refractivity contribution < 1.29 is 18.3 Å². The molecule has 2 N–H and O–H groups in total. The van der Waals surface area contributed by atoms with Crippen LogP contribution in [0.1, 0.15) is 31.4 Å². The number of benzene rings is 2. The largest absolute Gasteiger partial charge is 0.483 e. The van der Waals surface area contributed by atoms with Crippen molar-refractivity contribution in [3.8, 4) is 5.75 Å². The van der Waals surface area contributed by atoms with Gasteiger partial charge in [0.05, 0.1) is 20.3 Å². The number of carbonyl (C=O) groups excluding carboxylic acids is 1. The number of urea groups is 1. The lowest BCUT2D eigenvalue weighted by Crippen LogP contribution is -2.35. The van der Waals surface area contributed by atoms with E-state index in [2.05, 4.69) is 20.5 Å². The summed E-state index contributed by atoms with van der Waals surface area (Å²) >= 11 is 13.3. The second kappa shape index (κ2) is 10.4. The van der Waals surface area contributed by atoms with Gasteiger partial charge in [-0.1, -0.05) is 34.5 Å². The molecule has 2 aromatic carbocycles. The maximum Gasteiger partial charge on any atom is 0.321 e. The molecule has 11 heteroatoms. The van der Waals surface area contributed by atoms with Gasteiger partial charge in [0, 0.05) is 30.8 Å². The van der Waals surface area contributed by atoms with Crippen molar-refractivity contribution in [2.45, 2.75) is 25.9 Å². The summed E-state index contributed by atoms with van der Waals surface area (Å²) in [6, 6.07) is 4.83. The molecule has 1 aliphatic heterocycles. The van der Waals surface area contributed by atoms with Gasteiger partial charge < -0.3 is 15.0 Å². The predicted octanol–water partition coefficient (Wildman–Crippen LogP) is 6.24. The van der Waals surface area contributed by atoms with Crippen LogP contribution in [0.2, 0.25) is 10.0 Å². The smallest absolute Gasteiger partial charge is 0.321 e. The summed E-state index contributed by atoms with van der Waals surface area (Å²) in [5, 5.41) is 6.01. The van der Waals surface area contributed by atoms with E-state index in [0.717, 1.165) is 19.6 Å². The van der Waals surface area contributed by atoms with Crippen LogP contribution >= 0.6 is 34.5 Å². The number of fused-ring (bicyclic) bond motifs is 1. The van der Waals surface area contributed by atoms with E-state index < -0.39 is 17.7 Å². The van der Waals surface area contributed by atoms with Crippen LogP contribution in [0.25, 0.3) is 10.2 Å². The van der Waals surface area contributed by atoms with E-state index in [1.165, 1.54) is 48.4 Å². The molecule has 1 aromatic heterocycles. The topological polar surface area (TPSA) is 66.5 Å². The third-order valence-corrected chi connectivity index (χ3v) is 7.12. The first-order valence-corrected chi connectivity index (χ1v) is 12.1. The highest BCUT2D eigenvalue weighted by atomic mass is 35.5. The van der Waals surface area contributed by atoms with Crippen LogP contribution in [0.5, 0.6) is 5.75 Å². The molecule has 176 valence electrons. The number of nitrogens with zero attached hydrogens (tertiary/aromatic N) is 2. The first-order valence-electron chi connectivity index (χ1n) is 10.5. The number of aromatic nitrogens is 1. The molecule has 0 radical (unpaired) electrons. The highest BCUT2D eigenvalue weighted by Gasteiger charge is 2.21. The Labute approximate surface area is 203 Å². The number of nitrogens with one attached hydrogen (secondary N) is 2. The number of rotatable bonds is 7. The van der Waals surface area contributed by atoms with Crippen molar-refractivity contribution in [2.75, 3.05) is 31.5 Å². The van der Waals surface area contributed by atoms with Crippen molar-refractivity contribution >= 4 is 55.9 Å². The molecule has 1 atom stereocenters. The molecule has 33 heavy (non-hydrogen) atoms. The van der Waals surface area contributed by atoms with Gasteiger partial charge in [0.1, 0.15) is 11.9 Å². The SMILES string of the molecule is C[C@@H](Oc1cc2sc(NC(=O)NCCN3CCCC3)nc2cc1F)c1c(F)ccc(Cl)c1Cl. The van der Waals surface area contributed by atoms with Gasteiger partial charge in [0.15, 0.2) is 16.7 Å². The number of carbonyl (C=O) groups is 1. The second-order valence-corrected chi connectivity index (χ2v) is 9.53. The quantitative estimate of drug-likeness (QED) is 0.366. The maximum atomic E-state index is 14.6. The lowest BCUT2D eigenvalue weighted by Gasteiger charge is -2.18. The average Bonchev–Trinajstić information content (AvgIpc) is 3.40. The van der Waals surface area contributed by atoms with Gasteiger partial charge in [-0.05, 0) is 45.0 Å². The van der Waals surface area contributed by atoms with Crippen LogP contribution in [0.4, 0.5) is 18.7 Å². The molecule has 0 aliphatic carbocycles. The minimum atomic E-state index is -0.893. The summed E-state index contributed by atoms with van der Waals surface area (Å²) in [7, 11) is 0. The van der Waals surface area contributed by atoms with Crippen molar-refractivity contribution in [1.82, 2.24) is 15.2 Å². The van der Waals surface area contributed by atoms with E-state index in [0.29, 0.717) is 21.9 Å². The molecule has 4 rings (SSSR count). The number of hydrogen-bond donors (Lipinski definition) is 2. The minimum absolute atomic E-state index is 0.0191. The third kappa shape index (κ3) is 5.66. The molecule has 6 nitrogen and oxygen atoms in total. The molecular formula is C22H22Cl2F2N4O2S. The molecular weight excluding hydrogens is 493 g/mol. The summed E-state index contributed by atoms with van der Waals surface area (Å²) in [5.74, 6) is -1.35. The summed E-state index contributed by atoms with van der Waals surface area (Å²) in [6.45, 7) is 5.01. The zero-order chi connectivity index (χ0) is 23.5. The average molecular weight is 515 g/mol. The van der Waals surface area contributed by atoms with Crippen molar-refractivity contribution in [3.63, 3.8) is 0 Å². The fraction of sp³-hybridized carbons (Fsp3) is 0.364. The second-order valence-electron chi connectivity index (χ2n) is 7.72. The molecule has 0 spiro atoms. The molecule has 0 bridgehead atoms. The van der Waals surface area contributed by atoms with Crippen LogP contribution in [0.15, 0.2) is 24.3 Å². The molecule has 2 amide bonds. The van der Waals surface area contributed by atoms with Crippen LogP contribution in [-0.2, 0) is 0 Å². The van der Waals surface area contributed by atoms with Crippen molar-refractivity contribution in [3.05, 3.63) is 51.5 Å². The Morgan fingerprint density at radius 2 is 2.00 bits per heavy atom. The number of thiazole rings is 1.